The smallest absolute Gasteiger partial charge is 0.407 e. The summed E-state index contributed by atoms with van der Waals surface area (Å²) >= 11 is 0. The van der Waals surface area contributed by atoms with Crippen LogP contribution in [-0.2, 0) is 4.79 Å². The van der Waals surface area contributed by atoms with Gasteiger partial charge in [-0.15, -0.1) is 0 Å². The number of hydrogen-bond acceptors (Lipinski definition) is 3. The fraction of sp³-hybridized carbons (Fsp3) is 0.800. The Bertz CT molecular complexity index is 219. The monoisotopic (exact) mass is 232 g/mol. The minimum Gasteiger partial charge on any atom is -0.483 e. The molecule has 1 saturated heterocycles. The van der Waals surface area contributed by atoms with Gasteiger partial charge in [0, 0.05) is 19.1 Å². The van der Waals surface area contributed by atoms with E-state index in [1.165, 1.54) is 4.90 Å². The Balaban J connectivity index is 0.000000673. The van der Waals surface area contributed by atoms with E-state index in [2.05, 4.69) is 18.7 Å². The maximum absolute atomic E-state index is 10.7. The third kappa shape index (κ3) is 4.48. The van der Waals surface area contributed by atoms with Crippen LogP contribution < -0.4 is 0 Å². The molecular formula is C10H20N2O4. The van der Waals surface area contributed by atoms with E-state index in [4.69, 9.17) is 15.0 Å². The SMILES string of the molecule is CCN(CC)CC1CCN1C(=O)O.O=CO. The predicted octanol–water partition coefficient (Wildman–Crippen LogP) is 0.781. The lowest BCUT2D eigenvalue weighted by molar-refractivity contribution is -0.122. The lowest BCUT2D eigenvalue weighted by atomic mass is 10.0. The van der Waals surface area contributed by atoms with Crippen molar-refractivity contribution in [2.45, 2.75) is 26.3 Å². The first-order valence-corrected chi connectivity index (χ1v) is 5.40. The molecule has 1 fully saturated rings. The molecule has 1 atom stereocenters. The second-order valence-corrected chi connectivity index (χ2v) is 3.51. The molecule has 0 aliphatic carbocycles. The summed E-state index contributed by atoms with van der Waals surface area (Å²) in [6.45, 7) is 7.56. The van der Waals surface area contributed by atoms with Gasteiger partial charge in [-0.05, 0) is 19.5 Å². The molecule has 6 heteroatoms. The van der Waals surface area contributed by atoms with Crippen LogP contribution in [0.1, 0.15) is 20.3 Å². The van der Waals surface area contributed by atoms with Crippen molar-refractivity contribution in [1.29, 1.82) is 0 Å². The molecule has 0 spiro atoms. The zero-order chi connectivity index (χ0) is 12.6. The van der Waals surface area contributed by atoms with Crippen molar-refractivity contribution in [2.24, 2.45) is 0 Å². The summed E-state index contributed by atoms with van der Waals surface area (Å²) in [5, 5.41) is 15.7. The minimum atomic E-state index is -0.775. The van der Waals surface area contributed by atoms with Crippen LogP contribution in [-0.4, -0.2) is 64.8 Å². The van der Waals surface area contributed by atoms with Crippen molar-refractivity contribution in [3.8, 4) is 0 Å². The minimum absolute atomic E-state index is 0.234. The Kier molecular flexibility index (Phi) is 7.28. The molecule has 0 aromatic carbocycles. The van der Waals surface area contributed by atoms with Gasteiger partial charge >= 0.3 is 6.09 Å². The Morgan fingerprint density at radius 1 is 1.50 bits per heavy atom. The molecular weight excluding hydrogens is 212 g/mol. The molecule has 1 unspecified atom stereocenters. The van der Waals surface area contributed by atoms with Gasteiger partial charge in [-0.3, -0.25) is 4.79 Å². The molecule has 0 aromatic rings. The largest absolute Gasteiger partial charge is 0.483 e. The molecule has 0 aromatic heterocycles. The Hall–Kier alpha value is -1.30. The highest BCUT2D eigenvalue weighted by Gasteiger charge is 2.32. The van der Waals surface area contributed by atoms with E-state index in [9.17, 15) is 4.79 Å². The Morgan fingerprint density at radius 3 is 2.25 bits per heavy atom. The summed E-state index contributed by atoms with van der Waals surface area (Å²) in [6.07, 6.45) is 0.242. The van der Waals surface area contributed by atoms with Gasteiger partial charge < -0.3 is 20.0 Å². The second kappa shape index (κ2) is 7.92. The van der Waals surface area contributed by atoms with Crippen molar-refractivity contribution in [2.75, 3.05) is 26.2 Å². The van der Waals surface area contributed by atoms with Crippen molar-refractivity contribution in [1.82, 2.24) is 9.80 Å². The topological polar surface area (TPSA) is 81.1 Å². The lowest BCUT2D eigenvalue weighted by Crippen LogP contribution is -2.55. The van der Waals surface area contributed by atoms with E-state index in [0.717, 1.165) is 26.1 Å². The number of carboxylic acid groups (broad SMARTS) is 2. The van der Waals surface area contributed by atoms with E-state index in [1.807, 2.05) is 0 Å². The van der Waals surface area contributed by atoms with Gasteiger partial charge in [-0.2, -0.15) is 0 Å². The summed E-state index contributed by atoms with van der Waals surface area (Å²) < 4.78 is 0. The van der Waals surface area contributed by atoms with Crippen LogP contribution in [0.15, 0.2) is 0 Å². The van der Waals surface area contributed by atoms with Crippen LogP contribution in [0.2, 0.25) is 0 Å². The van der Waals surface area contributed by atoms with Gasteiger partial charge in [0.25, 0.3) is 6.47 Å². The maximum Gasteiger partial charge on any atom is 0.407 e. The number of hydrogen-bond donors (Lipinski definition) is 2. The van der Waals surface area contributed by atoms with Gasteiger partial charge in [0.1, 0.15) is 0 Å². The molecule has 1 aliphatic heterocycles. The van der Waals surface area contributed by atoms with Crippen molar-refractivity contribution >= 4 is 12.6 Å². The van der Waals surface area contributed by atoms with Gasteiger partial charge in [0.2, 0.25) is 0 Å². The fourth-order valence-corrected chi connectivity index (χ4v) is 1.66. The van der Waals surface area contributed by atoms with Crippen molar-refractivity contribution < 1.29 is 19.8 Å². The van der Waals surface area contributed by atoms with Gasteiger partial charge in [-0.1, -0.05) is 13.8 Å². The highest BCUT2D eigenvalue weighted by atomic mass is 16.4. The summed E-state index contributed by atoms with van der Waals surface area (Å²) in [5.74, 6) is 0. The third-order valence-corrected chi connectivity index (χ3v) is 2.75. The molecule has 0 bridgehead atoms. The van der Waals surface area contributed by atoms with E-state index in [1.54, 1.807) is 0 Å². The van der Waals surface area contributed by atoms with Crippen LogP contribution >= 0.6 is 0 Å². The number of likely N-dealkylation sites (tertiary alicyclic amines) is 1. The average Bonchev–Trinajstić information content (AvgIpc) is 2.18. The average molecular weight is 232 g/mol. The summed E-state index contributed by atoms with van der Waals surface area (Å²) in [6, 6.07) is 0.234. The Labute approximate surface area is 95.5 Å². The molecule has 1 heterocycles. The zero-order valence-corrected chi connectivity index (χ0v) is 9.80. The van der Waals surface area contributed by atoms with Gasteiger partial charge in [-0.25, -0.2) is 4.79 Å². The highest BCUT2D eigenvalue weighted by molar-refractivity contribution is 5.66. The number of rotatable bonds is 4. The van der Waals surface area contributed by atoms with Gasteiger partial charge in [0.15, 0.2) is 0 Å². The molecule has 1 aliphatic rings. The molecule has 2 N–H and O–H groups in total. The first-order valence-electron chi connectivity index (χ1n) is 5.40. The number of carbonyl (C=O) groups is 2. The molecule has 6 nitrogen and oxygen atoms in total. The van der Waals surface area contributed by atoms with Crippen molar-refractivity contribution in [3.05, 3.63) is 0 Å². The lowest BCUT2D eigenvalue weighted by Gasteiger charge is -2.41. The Morgan fingerprint density at radius 2 is 2.00 bits per heavy atom. The predicted molar refractivity (Wildman–Crippen MR) is 59.6 cm³/mol. The second-order valence-electron chi connectivity index (χ2n) is 3.51. The third-order valence-electron chi connectivity index (χ3n) is 2.75. The summed E-state index contributed by atoms with van der Waals surface area (Å²) in [5.41, 5.74) is 0. The van der Waals surface area contributed by atoms with Crippen LogP contribution in [0.4, 0.5) is 4.79 Å². The van der Waals surface area contributed by atoms with E-state index in [0.29, 0.717) is 6.54 Å². The standard InChI is InChI=1S/C9H18N2O2.CH2O2/c1-3-10(4-2)7-8-5-6-11(8)9(12)13;2-1-3/h8H,3-7H2,1-2H3,(H,12,13);1H,(H,2,3). The maximum atomic E-state index is 10.7. The molecule has 94 valence electrons. The van der Waals surface area contributed by atoms with Crippen LogP contribution in [0, 0.1) is 0 Å². The molecule has 0 radical (unpaired) electrons. The summed E-state index contributed by atoms with van der Waals surface area (Å²) in [7, 11) is 0. The van der Waals surface area contributed by atoms with E-state index >= 15 is 0 Å². The van der Waals surface area contributed by atoms with Crippen LogP contribution in [0.3, 0.4) is 0 Å². The first-order chi connectivity index (χ1) is 7.60. The van der Waals surface area contributed by atoms with Crippen LogP contribution in [0.5, 0.6) is 0 Å². The quantitative estimate of drug-likeness (QED) is 0.700. The highest BCUT2D eigenvalue weighted by Crippen LogP contribution is 2.18. The molecule has 16 heavy (non-hydrogen) atoms. The number of amides is 1. The zero-order valence-electron chi connectivity index (χ0n) is 9.80. The van der Waals surface area contributed by atoms with E-state index in [-0.39, 0.29) is 12.5 Å². The fourth-order valence-electron chi connectivity index (χ4n) is 1.66. The number of likely N-dealkylation sites (N-methyl/N-ethyl adjacent to an activating group) is 1. The molecule has 1 amide bonds. The molecule has 0 saturated carbocycles. The van der Waals surface area contributed by atoms with E-state index < -0.39 is 6.09 Å². The summed E-state index contributed by atoms with van der Waals surface area (Å²) in [4.78, 5) is 22.8. The van der Waals surface area contributed by atoms with Crippen molar-refractivity contribution in [3.63, 3.8) is 0 Å². The normalized spacial score (nSPS) is 18.4. The van der Waals surface area contributed by atoms with Crippen LogP contribution in [0.25, 0.3) is 0 Å². The first kappa shape index (κ1) is 14.7. The number of nitrogens with zero attached hydrogens (tertiary/aromatic N) is 2. The molecule has 1 rings (SSSR count). The van der Waals surface area contributed by atoms with Gasteiger partial charge in [0.05, 0.1) is 0 Å².